The number of aliphatic hydroxyl groups is 1. The van der Waals surface area contributed by atoms with Crippen molar-refractivity contribution in [1.82, 2.24) is 4.90 Å². The Bertz CT molecular complexity index is 474. The Kier molecular flexibility index (Phi) is 6.05. The van der Waals surface area contributed by atoms with Crippen LogP contribution in [0.15, 0.2) is 28.7 Å². The first kappa shape index (κ1) is 15.7. The van der Waals surface area contributed by atoms with Crippen LogP contribution in [0.1, 0.15) is 12.5 Å². The highest BCUT2D eigenvalue weighted by Gasteiger charge is 2.12. The number of nitrogens with zero attached hydrogens (tertiary/aromatic N) is 1. The van der Waals surface area contributed by atoms with Crippen LogP contribution in [0.2, 0.25) is 0 Å². The van der Waals surface area contributed by atoms with Gasteiger partial charge in [-0.1, -0.05) is 15.9 Å². The average molecular weight is 328 g/mol. The van der Waals surface area contributed by atoms with Gasteiger partial charge in [0.15, 0.2) is 0 Å². The van der Waals surface area contributed by atoms with Gasteiger partial charge in [-0.15, -0.1) is 0 Å². The summed E-state index contributed by atoms with van der Waals surface area (Å²) in [7, 11) is 3.24. The van der Waals surface area contributed by atoms with Gasteiger partial charge in [0.05, 0.1) is 19.8 Å². The van der Waals surface area contributed by atoms with E-state index in [2.05, 4.69) is 15.9 Å². The highest BCUT2D eigenvalue weighted by molar-refractivity contribution is 9.10. The predicted molar refractivity (Wildman–Crippen MR) is 79.0 cm³/mol. The number of ether oxygens (including phenoxy) is 1. The molecule has 1 unspecified atom stereocenters. The monoisotopic (exact) mass is 327 g/mol. The van der Waals surface area contributed by atoms with E-state index in [1.54, 1.807) is 27.2 Å². The summed E-state index contributed by atoms with van der Waals surface area (Å²) < 4.78 is 6.14. The number of hydrogen-bond donors (Lipinski definition) is 1. The summed E-state index contributed by atoms with van der Waals surface area (Å²) >= 11 is 3.38. The first-order valence-electron chi connectivity index (χ1n) is 5.89. The molecule has 0 bridgehead atoms. The number of likely N-dealkylation sites (N-methyl/N-ethyl adjacent to an activating group) is 1. The van der Waals surface area contributed by atoms with Gasteiger partial charge in [0.1, 0.15) is 5.75 Å². The van der Waals surface area contributed by atoms with Crippen molar-refractivity contribution >= 4 is 27.9 Å². The fourth-order valence-corrected chi connectivity index (χ4v) is 1.83. The third kappa shape index (κ3) is 4.36. The summed E-state index contributed by atoms with van der Waals surface area (Å²) in [4.78, 5) is 13.4. The van der Waals surface area contributed by atoms with E-state index >= 15 is 0 Å². The van der Waals surface area contributed by atoms with Gasteiger partial charge >= 0.3 is 0 Å². The van der Waals surface area contributed by atoms with Crippen molar-refractivity contribution in [2.24, 2.45) is 0 Å². The predicted octanol–water partition coefficient (Wildman–Crippen LogP) is 2.31. The van der Waals surface area contributed by atoms with Gasteiger partial charge < -0.3 is 14.7 Å². The maximum atomic E-state index is 11.9. The third-order valence-corrected chi connectivity index (χ3v) is 3.36. The Labute approximate surface area is 121 Å². The van der Waals surface area contributed by atoms with Crippen LogP contribution >= 0.6 is 15.9 Å². The molecule has 1 amide bonds. The van der Waals surface area contributed by atoms with E-state index in [-0.39, 0.29) is 18.6 Å². The number of carbonyl (C=O) groups excluding carboxylic acids is 1. The van der Waals surface area contributed by atoms with Crippen LogP contribution in [0.4, 0.5) is 0 Å². The lowest BCUT2D eigenvalue weighted by molar-refractivity contribution is -0.127. The fourth-order valence-electron chi connectivity index (χ4n) is 1.45. The van der Waals surface area contributed by atoms with E-state index in [1.807, 2.05) is 18.2 Å². The van der Waals surface area contributed by atoms with Crippen LogP contribution in [-0.4, -0.2) is 42.7 Å². The summed E-state index contributed by atoms with van der Waals surface area (Å²) in [6, 6.07) is 5.37. The molecule has 0 spiro atoms. The van der Waals surface area contributed by atoms with Gasteiger partial charge in [-0.2, -0.15) is 0 Å². The van der Waals surface area contributed by atoms with Crippen molar-refractivity contribution in [3.63, 3.8) is 0 Å². The summed E-state index contributed by atoms with van der Waals surface area (Å²) in [6.45, 7) is 1.72. The van der Waals surface area contributed by atoms with Crippen LogP contribution in [-0.2, 0) is 4.79 Å². The molecule has 5 heteroatoms. The second kappa shape index (κ2) is 7.31. The minimum atomic E-state index is -0.207. The molecule has 4 nitrogen and oxygen atoms in total. The SMILES string of the molecule is COc1ccc(Br)cc1/C=C/C(=O)N(C)C(C)CO. The number of methoxy groups -OCH3 is 1. The molecular weight excluding hydrogens is 310 g/mol. The van der Waals surface area contributed by atoms with Crippen molar-refractivity contribution in [3.05, 3.63) is 34.3 Å². The summed E-state index contributed by atoms with van der Waals surface area (Å²) in [5.74, 6) is 0.536. The first-order valence-corrected chi connectivity index (χ1v) is 6.68. The Balaban J connectivity index is 2.87. The Morgan fingerprint density at radius 1 is 1.58 bits per heavy atom. The average Bonchev–Trinajstić information content (AvgIpc) is 2.43. The number of rotatable bonds is 5. The van der Waals surface area contributed by atoms with E-state index in [9.17, 15) is 4.79 Å². The molecular formula is C14H18BrNO3. The molecule has 0 aliphatic rings. The van der Waals surface area contributed by atoms with Crippen molar-refractivity contribution in [2.75, 3.05) is 20.8 Å². The summed E-state index contributed by atoms with van der Waals surface area (Å²) in [6.07, 6.45) is 3.17. The highest BCUT2D eigenvalue weighted by Crippen LogP contribution is 2.24. The molecule has 0 fully saturated rings. The van der Waals surface area contributed by atoms with Gasteiger partial charge in [-0.05, 0) is 31.2 Å². The number of aliphatic hydroxyl groups excluding tert-OH is 1. The van der Waals surface area contributed by atoms with Gasteiger partial charge in [0, 0.05) is 23.2 Å². The van der Waals surface area contributed by atoms with E-state index in [0.29, 0.717) is 5.75 Å². The van der Waals surface area contributed by atoms with E-state index in [0.717, 1.165) is 10.0 Å². The van der Waals surface area contributed by atoms with Crippen LogP contribution < -0.4 is 4.74 Å². The molecule has 0 saturated carbocycles. The van der Waals surface area contributed by atoms with Gasteiger partial charge in [0.2, 0.25) is 5.91 Å². The number of hydrogen-bond acceptors (Lipinski definition) is 3. The summed E-state index contributed by atoms with van der Waals surface area (Å²) in [5, 5.41) is 9.01. The molecule has 1 rings (SSSR count). The third-order valence-electron chi connectivity index (χ3n) is 2.87. The molecule has 0 aliphatic carbocycles. The second-order valence-electron chi connectivity index (χ2n) is 4.20. The number of amides is 1. The topological polar surface area (TPSA) is 49.8 Å². The smallest absolute Gasteiger partial charge is 0.246 e. The molecule has 0 aliphatic heterocycles. The van der Waals surface area contributed by atoms with E-state index < -0.39 is 0 Å². The zero-order valence-electron chi connectivity index (χ0n) is 11.3. The Morgan fingerprint density at radius 2 is 2.26 bits per heavy atom. The van der Waals surface area contributed by atoms with E-state index in [1.165, 1.54) is 11.0 Å². The van der Waals surface area contributed by atoms with Crippen molar-refractivity contribution in [2.45, 2.75) is 13.0 Å². The van der Waals surface area contributed by atoms with Crippen LogP contribution in [0.3, 0.4) is 0 Å². The number of benzene rings is 1. The normalized spacial score (nSPS) is 12.5. The second-order valence-corrected chi connectivity index (χ2v) is 5.12. The molecule has 1 N–H and O–H groups in total. The van der Waals surface area contributed by atoms with Crippen molar-refractivity contribution in [1.29, 1.82) is 0 Å². The Hall–Kier alpha value is -1.33. The van der Waals surface area contributed by atoms with Crippen LogP contribution in [0.25, 0.3) is 6.08 Å². The lowest BCUT2D eigenvalue weighted by atomic mass is 10.2. The maximum absolute atomic E-state index is 11.9. The minimum Gasteiger partial charge on any atom is -0.496 e. The lowest BCUT2D eigenvalue weighted by Gasteiger charge is -2.21. The van der Waals surface area contributed by atoms with Crippen LogP contribution in [0.5, 0.6) is 5.75 Å². The molecule has 1 aromatic carbocycles. The molecule has 104 valence electrons. The highest BCUT2D eigenvalue weighted by atomic mass is 79.9. The largest absolute Gasteiger partial charge is 0.496 e. The lowest BCUT2D eigenvalue weighted by Crippen LogP contribution is -2.36. The maximum Gasteiger partial charge on any atom is 0.246 e. The first-order chi connectivity index (χ1) is 8.99. The zero-order valence-corrected chi connectivity index (χ0v) is 12.8. The molecule has 0 saturated heterocycles. The zero-order chi connectivity index (χ0) is 14.4. The standard InChI is InChI=1S/C14H18BrNO3/c1-10(9-17)16(2)14(18)7-4-11-8-12(15)5-6-13(11)19-3/h4-8,10,17H,9H2,1-3H3/b7-4+. The Morgan fingerprint density at radius 3 is 2.84 bits per heavy atom. The quantitative estimate of drug-likeness (QED) is 0.844. The number of halogens is 1. The molecule has 0 heterocycles. The molecule has 1 atom stereocenters. The molecule has 19 heavy (non-hydrogen) atoms. The molecule has 0 radical (unpaired) electrons. The minimum absolute atomic E-state index is 0.0592. The van der Waals surface area contributed by atoms with Crippen LogP contribution in [0, 0.1) is 0 Å². The molecule has 0 aromatic heterocycles. The van der Waals surface area contributed by atoms with Gasteiger partial charge in [-0.3, -0.25) is 4.79 Å². The van der Waals surface area contributed by atoms with Gasteiger partial charge in [0.25, 0.3) is 0 Å². The summed E-state index contributed by atoms with van der Waals surface area (Å²) in [5.41, 5.74) is 0.815. The van der Waals surface area contributed by atoms with Crippen molar-refractivity contribution < 1.29 is 14.6 Å². The fraction of sp³-hybridized carbons (Fsp3) is 0.357. The van der Waals surface area contributed by atoms with Gasteiger partial charge in [-0.25, -0.2) is 0 Å². The molecule has 1 aromatic rings. The number of carbonyl (C=O) groups is 1. The van der Waals surface area contributed by atoms with Crippen molar-refractivity contribution in [3.8, 4) is 5.75 Å². The van der Waals surface area contributed by atoms with E-state index in [4.69, 9.17) is 9.84 Å².